The van der Waals surface area contributed by atoms with Crippen molar-refractivity contribution in [2.24, 2.45) is 0 Å². The van der Waals surface area contributed by atoms with Gasteiger partial charge in [-0.25, -0.2) is 0 Å². The second kappa shape index (κ2) is 58.7. The van der Waals surface area contributed by atoms with Crippen molar-refractivity contribution in [1.29, 1.82) is 0 Å². The highest BCUT2D eigenvalue weighted by Crippen LogP contribution is 2.15. The van der Waals surface area contributed by atoms with Crippen LogP contribution >= 0.6 is 0 Å². The molecular weight excluding hydrogens is 865 g/mol. The molecule has 0 saturated carbocycles. The van der Waals surface area contributed by atoms with Gasteiger partial charge in [0.1, 0.15) is 13.2 Å². The molecule has 1 atom stereocenters. The van der Waals surface area contributed by atoms with E-state index in [1.54, 1.807) is 0 Å². The molecule has 0 heterocycles. The van der Waals surface area contributed by atoms with Gasteiger partial charge in [-0.3, -0.25) is 14.4 Å². The third-order valence-corrected chi connectivity index (χ3v) is 13.2. The Balaban J connectivity index is 4.31. The van der Waals surface area contributed by atoms with Crippen molar-refractivity contribution < 1.29 is 28.6 Å². The molecule has 0 aliphatic carbocycles. The molecular formula is C64H114O6. The van der Waals surface area contributed by atoms with Crippen molar-refractivity contribution in [2.75, 3.05) is 13.2 Å². The lowest BCUT2D eigenvalue weighted by Crippen LogP contribution is -2.30. The van der Waals surface area contributed by atoms with E-state index in [1.807, 2.05) is 0 Å². The summed E-state index contributed by atoms with van der Waals surface area (Å²) in [5.74, 6) is -0.891. The average molecular weight is 980 g/mol. The number of carbonyl (C=O) groups is 3. The normalized spacial score (nSPS) is 12.4. The zero-order valence-electron chi connectivity index (χ0n) is 46.5. The number of hydrogen-bond donors (Lipinski definition) is 0. The number of hydrogen-bond acceptors (Lipinski definition) is 6. The molecule has 0 radical (unpaired) electrons. The molecule has 0 aromatic heterocycles. The first-order valence-corrected chi connectivity index (χ1v) is 30.3. The maximum absolute atomic E-state index is 12.9. The molecule has 0 amide bonds. The summed E-state index contributed by atoms with van der Waals surface area (Å²) in [4.78, 5) is 38.2. The second-order valence-electron chi connectivity index (χ2n) is 20.2. The third-order valence-electron chi connectivity index (χ3n) is 13.2. The van der Waals surface area contributed by atoms with Crippen molar-refractivity contribution in [3.05, 3.63) is 60.8 Å². The van der Waals surface area contributed by atoms with E-state index in [0.29, 0.717) is 19.3 Å². The SMILES string of the molecule is CCCC/C=C\CCCCCCCC(=O)OCC(COC(=O)CCCCCCCCCC/C=C\C/C=C\C/C=C\CCCCCCC)OC(=O)CCCCCCCCC/C=C\CCCCCCCCC. The quantitative estimate of drug-likeness (QED) is 0.0261. The summed E-state index contributed by atoms with van der Waals surface area (Å²) in [6.07, 6.45) is 73.6. The highest BCUT2D eigenvalue weighted by atomic mass is 16.6. The van der Waals surface area contributed by atoms with E-state index in [0.717, 1.165) is 83.5 Å². The number of unbranched alkanes of at least 4 members (excludes halogenated alkanes) is 34. The van der Waals surface area contributed by atoms with E-state index in [1.165, 1.54) is 186 Å². The van der Waals surface area contributed by atoms with Crippen LogP contribution in [0.1, 0.15) is 310 Å². The minimum atomic E-state index is -0.783. The minimum absolute atomic E-state index is 0.0814. The first kappa shape index (κ1) is 67.1. The molecule has 406 valence electrons. The monoisotopic (exact) mass is 979 g/mol. The molecule has 0 N–H and O–H groups in total. The van der Waals surface area contributed by atoms with Gasteiger partial charge in [0.05, 0.1) is 0 Å². The van der Waals surface area contributed by atoms with Gasteiger partial charge in [0.25, 0.3) is 0 Å². The van der Waals surface area contributed by atoms with Crippen LogP contribution < -0.4 is 0 Å². The Bertz CT molecular complexity index is 1260. The fourth-order valence-corrected chi connectivity index (χ4v) is 8.60. The van der Waals surface area contributed by atoms with Crippen LogP contribution in [0.25, 0.3) is 0 Å². The summed E-state index contributed by atoms with van der Waals surface area (Å²) in [5.41, 5.74) is 0. The summed E-state index contributed by atoms with van der Waals surface area (Å²) in [6, 6.07) is 0. The average Bonchev–Trinajstić information content (AvgIpc) is 3.36. The second-order valence-corrected chi connectivity index (χ2v) is 20.2. The Morgan fingerprint density at radius 3 is 0.857 bits per heavy atom. The van der Waals surface area contributed by atoms with E-state index < -0.39 is 6.10 Å². The lowest BCUT2D eigenvalue weighted by molar-refractivity contribution is -0.167. The molecule has 0 fully saturated rings. The summed E-state index contributed by atoms with van der Waals surface area (Å²) in [7, 11) is 0. The van der Waals surface area contributed by atoms with Gasteiger partial charge in [0, 0.05) is 19.3 Å². The van der Waals surface area contributed by atoms with Crippen LogP contribution in [0.2, 0.25) is 0 Å². The topological polar surface area (TPSA) is 78.9 Å². The Kier molecular flexibility index (Phi) is 56.3. The molecule has 0 aliphatic rings. The zero-order valence-corrected chi connectivity index (χ0v) is 46.5. The van der Waals surface area contributed by atoms with Crippen LogP contribution in [0.3, 0.4) is 0 Å². The molecule has 6 heteroatoms. The first-order valence-electron chi connectivity index (χ1n) is 30.3. The van der Waals surface area contributed by atoms with E-state index in [-0.39, 0.29) is 31.1 Å². The lowest BCUT2D eigenvalue weighted by atomic mass is 10.1. The molecule has 0 rings (SSSR count). The molecule has 0 spiro atoms. The Morgan fingerprint density at radius 2 is 0.529 bits per heavy atom. The lowest BCUT2D eigenvalue weighted by Gasteiger charge is -2.18. The first-order chi connectivity index (χ1) is 34.5. The summed E-state index contributed by atoms with van der Waals surface area (Å²) < 4.78 is 16.9. The number of allylic oxidation sites excluding steroid dienone is 10. The predicted octanol–water partition coefficient (Wildman–Crippen LogP) is 20.4. The summed E-state index contributed by atoms with van der Waals surface area (Å²) >= 11 is 0. The van der Waals surface area contributed by atoms with Gasteiger partial charge >= 0.3 is 17.9 Å². The molecule has 0 aromatic carbocycles. The molecule has 0 aromatic rings. The van der Waals surface area contributed by atoms with E-state index >= 15 is 0 Å². The smallest absolute Gasteiger partial charge is 0.306 e. The maximum Gasteiger partial charge on any atom is 0.306 e. The number of ether oxygens (including phenoxy) is 3. The van der Waals surface area contributed by atoms with Crippen LogP contribution in [-0.2, 0) is 28.6 Å². The van der Waals surface area contributed by atoms with E-state index in [2.05, 4.69) is 81.5 Å². The van der Waals surface area contributed by atoms with Crippen molar-refractivity contribution >= 4 is 17.9 Å². The predicted molar refractivity (Wildman–Crippen MR) is 302 cm³/mol. The maximum atomic E-state index is 12.9. The van der Waals surface area contributed by atoms with Gasteiger partial charge in [-0.2, -0.15) is 0 Å². The fourth-order valence-electron chi connectivity index (χ4n) is 8.60. The van der Waals surface area contributed by atoms with Gasteiger partial charge in [-0.1, -0.05) is 248 Å². The molecule has 70 heavy (non-hydrogen) atoms. The third kappa shape index (κ3) is 56.0. The molecule has 0 bridgehead atoms. The Labute approximate surface area is 434 Å². The van der Waals surface area contributed by atoms with Crippen molar-refractivity contribution in [2.45, 2.75) is 316 Å². The molecule has 0 aliphatic heterocycles. The van der Waals surface area contributed by atoms with Gasteiger partial charge in [0.2, 0.25) is 0 Å². The van der Waals surface area contributed by atoms with Crippen molar-refractivity contribution in [1.82, 2.24) is 0 Å². The van der Waals surface area contributed by atoms with Gasteiger partial charge in [-0.15, -0.1) is 0 Å². The largest absolute Gasteiger partial charge is 0.462 e. The Hall–Kier alpha value is -2.89. The number of carbonyl (C=O) groups excluding carboxylic acids is 3. The Morgan fingerprint density at radius 1 is 0.286 bits per heavy atom. The highest BCUT2D eigenvalue weighted by Gasteiger charge is 2.19. The standard InChI is InChI=1S/C64H114O6/c1-4-7-10-13-16-19-22-24-26-28-30-31-32-33-34-36-37-39-42-45-48-51-54-57-63(66)69-60-61(59-68-62(65)56-53-50-47-44-41-21-18-15-12-9-6-3)70-64(67)58-55-52-49-46-43-40-38-35-29-27-25-23-20-17-14-11-8-5-2/h15,18,22,24,27-30,32-33,61H,4-14,16-17,19-21,23,25-26,31,34-60H2,1-3H3/b18-15-,24-22-,29-27-,30-28-,33-32-. The number of rotatable bonds is 55. The molecule has 6 nitrogen and oxygen atoms in total. The van der Waals surface area contributed by atoms with Crippen LogP contribution in [0.15, 0.2) is 60.8 Å². The van der Waals surface area contributed by atoms with Gasteiger partial charge < -0.3 is 14.2 Å². The van der Waals surface area contributed by atoms with Crippen LogP contribution in [0.4, 0.5) is 0 Å². The van der Waals surface area contributed by atoms with Gasteiger partial charge in [0.15, 0.2) is 6.10 Å². The highest BCUT2D eigenvalue weighted by molar-refractivity contribution is 5.71. The van der Waals surface area contributed by atoms with Crippen molar-refractivity contribution in [3.8, 4) is 0 Å². The summed E-state index contributed by atoms with van der Waals surface area (Å²) in [5, 5.41) is 0. The summed E-state index contributed by atoms with van der Waals surface area (Å²) in [6.45, 7) is 6.60. The van der Waals surface area contributed by atoms with Crippen LogP contribution in [0, 0.1) is 0 Å². The van der Waals surface area contributed by atoms with Crippen LogP contribution in [-0.4, -0.2) is 37.2 Å². The van der Waals surface area contributed by atoms with Crippen molar-refractivity contribution in [3.63, 3.8) is 0 Å². The minimum Gasteiger partial charge on any atom is -0.462 e. The number of esters is 3. The zero-order chi connectivity index (χ0) is 50.7. The van der Waals surface area contributed by atoms with Crippen LogP contribution in [0.5, 0.6) is 0 Å². The van der Waals surface area contributed by atoms with Gasteiger partial charge in [-0.05, 0) is 103 Å². The van der Waals surface area contributed by atoms with E-state index in [4.69, 9.17) is 14.2 Å². The molecule has 0 saturated heterocycles. The van der Waals surface area contributed by atoms with E-state index in [9.17, 15) is 14.4 Å². The molecule has 1 unspecified atom stereocenters. The fraction of sp³-hybridized carbons (Fsp3) is 0.797.